The summed E-state index contributed by atoms with van der Waals surface area (Å²) in [5, 5.41) is 15.8. The van der Waals surface area contributed by atoms with Crippen molar-refractivity contribution < 1.29 is 14.7 Å². The summed E-state index contributed by atoms with van der Waals surface area (Å²) in [7, 11) is 0. The minimum atomic E-state index is -1.04. The molecule has 3 aromatic rings. The van der Waals surface area contributed by atoms with Crippen LogP contribution in [0.4, 0.5) is 0 Å². The van der Waals surface area contributed by atoms with Crippen LogP contribution in [0, 0.1) is 0 Å². The van der Waals surface area contributed by atoms with Crippen LogP contribution < -0.4 is 0 Å². The van der Waals surface area contributed by atoms with E-state index in [0.29, 0.717) is 40.0 Å². The van der Waals surface area contributed by atoms with Gasteiger partial charge in [0.15, 0.2) is 0 Å². The van der Waals surface area contributed by atoms with Gasteiger partial charge in [0, 0.05) is 36.3 Å². The third kappa shape index (κ3) is 4.59. The van der Waals surface area contributed by atoms with Crippen molar-refractivity contribution in [3.63, 3.8) is 0 Å². The Bertz CT molecular complexity index is 1410. The molecule has 0 radical (unpaired) electrons. The van der Waals surface area contributed by atoms with Gasteiger partial charge in [-0.25, -0.2) is 0 Å². The van der Waals surface area contributed by atoms with Gasteiger partial charge in [-0.3, -0.25) is 19.3 Å². The summed E-state index contributed by atoms with van der Waals surface area (Å²) in [5.41, 5.74) is 3.04. The molecule has 200 valence electrons. The maximum atomic E-state index is 13.9. The lowest BCUT2D eigenvalue weighted by Crippen LogP contribution is -2.45. The van der Waals surface area contributed by atoms with Crippen LogP contribution in [-0.2, 0) is 18.6 Å². The lowest BCUT2D eigenvalue weighted by Gasteiger charge is -2.37. The number of amides is 2. The number of aromatic nitrogens is 3. The third-order valence-corrected chi connectivity index (χ3v) is 8.31. The molecule has 2 amide bonds. The van der Waals surface area contributed by atoms with E-state index in [1.165, 1.54) is 0 Å². The second-order valence-electron chi connectivity index (χ2n) is 10.9. The molecule has 0 saturated carbocycles. The van der Waals surface area contributed by atoms with Gasteiger partial charge in [0.05, 0.1) is 40.1 Å². The van der Waals surface area contributed by atoms with Gasteiger partial charge in [0.25, 0.3) is 11.8 Å². The largest absolute Gasteiger partial charge is 0.384 e. The molecular formula is C28H31Cl2N5O3. The monoisotopic (exact) mass is 555 g/mol. The first-order valence-corrected chi connectivity index (χ1v) is 13.5. The molecule has 8 nitrogen and oxygen atoms in total. The number of benzene rings is 1. The van der Waals surface area contributed by atoms with Crippen molar-refractivity contribution in [1.82, 2.24) is 24.6 Å². The molecule has 0 aliphatic carbocycles. The van der Waals surface area contributed by atoms with Crippen LogP contribution in [0.15, 0.2) is 36.5 Å². The van der Waals surface area contributed by atoms with Crippen molar-refractivity contribution in [3.05, 3.63) is 80.3 Å². The van der Waals surface area contributed by atoms with Gasteiger partial charge < -0.3 is 14.9 Å². The van der Waals surface area contributed by atoms with Crippen molar-refractivity contribution >= 4 is 35.0 Å². The second kappa shape index (κ2) is 9.67. The summed E-state index contributed by atoms with van der Waals surface area (Å²) in [6, 6.07) is 8.20. The van der Waals surface area contributed by atoms with Crippen molar-refractivity contribution in [3.8, 4) is 0 Å². The molecule has 2 aliphatic rings. The number of carbonyl (C=O) groups is 2. The second-order valence-corrected chi connectivity index (χ2v) is 11.7. The standard InChI is InChI=1S/C28H31Cl2N5O3/c1-15-10-23-20(14-33(15)26(36)18-6-8-21(29)22(30)11-18)25-27(37)34(13-16(2)35(25)32-23)17(3)19-7-9-24(31-12-19)28(4,5)38/h6-9,11-12,15-17,38H,10,13-14H2,1-5H3/t15-,16-,17+/m1/s1. The number of carbonyl (C=O) groups excluding carboxylic acids is 2. The molecule has 10 heteroatoms. The number of nitrogens with zero attached hydrogens (tertiary/aromatic N) is 5. The molecule has 5 rings (SSSR count). The molecule has 0 bridgehead atoms. The predicted octanol–water partition coefficient (Wildman–Crippen LogP) is 5.18. The first-order valence-electron chi connectivity index (χ1n) is 12.7. The van der Waals surface area contributed by atoms with E-state index in [1.54, 1.807) is 49.2 Å². The highest BCUT2D eigenvalue weighted by Gasteiger charge is 2.40. The summed E-state index contributed by atoms with van der Waals surface area (Å²) in [6.45, 7) is 10.2. The van der Waals surface area contributed by atoms with E-state index in [2.05, 4.69) is 4.98 Å². The topological polar surface area (TPSA) is 91.6 Å². The molecule has 0 spiro atoms. The Morgan fingerprint density at radius 1 is 1.13 bits per heavy atom. The number of rotatable bonds is 4. The zero-order valence-corrected chi connectivity index (χ0v) is 23.6. The maximum Gasteiger partial charge on any atom is 0.273 e. The Kier molecular flexibility index (Phi) is 6.78. The first kappa shape index (κ1) is 26.7. The van der Waals surface area contributed by atoms with E-state index in [0.717, 1.165) is 16.8 Å². The van der Waals surface area contributed by atoms with Crippen molar-refractivity contribution in [2.75, 3.05) is 6.54 Å². The molecular weight excluding hydrogens is 525 g/mol. The third-order valence-electron chi connectivity index (χ3n) is 7.57. The molecule has 2 aliphatic heterocycles. The zero-order valence-electron chi connectivity index (χ0n) is 22.1. The fraction of sp³-hybridized carbons (Fsp3) is 0.429. The molecule has 0 saturated heterocycles. The Hall–Kier alpha value is -2.94. The summed E-state index contributed by atoms with van der Waals surface area (Å²) in [6.07, 6.45) is 2.27. The fourth-order valence-electron chi connectivity index (χ4n) is 5.28. The number of hydrogen-bond acceptors (Lipinski definition) is 5. The highest BCUT2D eigenvalue weighted by Crippen LogP contribution is 2.35. The number of aliphatic hydroxyl groups is 1. The van der Waals surface area contributed by atoms with E-state index >= 15 is 0 Å². The smallest absolute Gasteiger partial charge is 0.273 e. The predicted molar refractivity (Wildman–Crippen MR) is 145 cm³/mol. The summed E-state index contributed by atoms with van der Waals surface area (Å²) in [5.74, 6) is -0.284. The van der Waals surface area contributed by atoms with Gasteiger partial charge in [-0.05, 0) is 64.4 Å². The van der Waals surface area contributed by atoms with Crippen LogP contribution in [0.5, 0.6) is 0 Å². The summed E-state index contributed by atoms with van der Waals surface area (Å²) in [4.78, 5) is 35.4. The summed E-state index contributed by atoms with van der Waals surface area (Å²) >= 11 is 12.2. The minimum Gasteiger partial charge on any atom is -0.384 e. The molecule has 4 heterocycles. The van der Waals surface area contributed by atoms with Crippen molar-refractivity contribution in [2.45, 2.75) is 71.3 Å². The van der Waals surface area contributed by atoms with Crippen molar-refractivity contribution in [1.29, 1.82) is 0 Å². The molecule has 1 aromatic carbocycles. The van der Waals surface area contributed by atoms with Gasteiger partial charge in [-0.15, -0.1) is 0 Å². The van der Waals surface area contributed by atoms with E-state index in [4.69, 9.17) is 28.3 Å². The summed E-state index contributed by atoms with van der Waals surface area (Å²) < 4.78 is 1.83. The van der Waals surface area contributed by atoms with E-state index in [1.807, 2.05) is 36.4 Å². The van der Waals surface area contributed by atoms with Gasteiger partial charge in [-0.2, -0.15) is 5.10 Å². The van der Waals surface area contributed by atoms with Crippen LogP contribution in [0.25, 0.3) is 0 Å². The lowest BCUT2D eigenvalue weighted by atomic mass is 9.96. The average molecular weight is 556 g/mol. The number of halogens is 2. The first-order chi connectivity index (χ1) is 17.9. The average Bonchev–Trinajstić information content (AvgIpc) is 3.25. The Morgan fingerprint density at radius 3 is 2.50 bits per heavy atom. The van der Waals surface area contributed by atoms with Crippen molar-refractivity contribution in [2.24, 2.45) is 0 Å². The molecule has 1 N–H and O–H groups in total. The number of fused-ring (bicyclic) bond motifs is 3. The zero-order chi connectivity index (χ0) is 27.5. The fourth-order valence-corrected chi connectivity index (χ4v) is 5.58. The Morgan fingerprint density at radius 2 is 1.87 bits per heavy atom. The quantitative estimate of drug-likeness (QED) is 0.479. The molecule has 2 aromatic heterocycles. The van der Waals surface area contributed by atoms with E-state index < -0.39 is 5.60 Å². The SMILES string of the molecule is C[C@@H]1Cc2nn3c(c2CN1C(=O)c1ccc(Cl)c(Cl)c1)C(=O)N([C@@H](C)c1ccc(C(C)(C)O)nc1)C[C@H]3C. The van der Waals surface area contributed by atoms with Crippen LogP contribution in [-0.4, -0.2) is 54.1 Å². The normalized spacial score (nSPS) is 20.3. The van der Waals surface area contributed by atoms with Gasteiger partial charge in [-0.1, -0.05) is 29.3 Å². The minimum absolute atomic E-state index is 0.0334. The van der Waals surface area contributed by atoms with E-state index in [-0.39, 0.29) is 36.5 Å². The highest BCUT2D eigenvalue weighted by molar-refractivity contribution is 6.42. The maximum absolute atomic E-state index is 13.9. The van der Waals surface area contributed by atoms with Crippen LogP contribution >= 0.6 is 23.2 Å². The number of pyridine rings is 1. The lowest BCUT2D eigenvalue weighted by molar-refractivity contribution is 0.0572. The van der Waals surface area contributed by atoms with Gasteiger partial charge >= 0.3 is 0 Å². The van der Waals surface area contributed by atoms with Gasteiger partial charge in [0.2, 0.25) is 0 Å². The molecule has 0 unspecified atom stereocenters. The number of hydrogen-bond donors (Lipinski definition) is 1. The van der Waals surface area contributed by atoms with E-state index in [9.17, 15) is 14.7 Å². The Balaban J connectivity index is 1.45. The van der Waals surface area contributed by atoms with Gasteiger partial charge in [0.1, 0.15) is 11.3 Å². The van der Waals surface area contributed by atoms with Crippen LogP contribution in [0.3, 0.4) is 0 Å². The van der Waals surface area contributed by atoms with Crippen LogP contribution in [0.1, 0.15) is 90.1 Å². The Labute approximate surface area is 232 Å². The molecule has 0 fully saturated rings. The van der Waals surface area contributed by atoms with Crippen LogP contribution in [0.2, 0.25) is 10.0 Å². The molecule has 38 heavy (non-hydrogen) atoms. The molecule has 3 atom stereocenters. The highest BCUT2D eigenvalue weighted by atomic mass is 35.5.